The van der Waals surface area contributed by atoms with Crippen LogP contribution in [0.25, 0.3) is 0 Å². The number of phenolic OH excluding ortho intramolecular Hbond substituents is 1. The van der Waals surface area contributed by atoms with E-state index in [2.05, 4.69) is 18.8 Å². The van der Waals surface area contributed by atoms with Crippen molar-refractivity contribution in [2.24, 2.45) is 4.99 Å². The van der Waals surface area contributed by atoms with Crippen molar-refractivity contribution < 1.29 is 9.90 Å². The SMILES string of the molecule is CC(C)c1ccc(O)c(CN=C=O)c1. The lowest BCUT2D eigenvalue weighted by Gasteiger charge is -2.08. The van der Waals surface area contributed by atoms with Crippen LogP contribution in [0.2, 0.25) is 0 Å². The number of nitrogens with zero attached hydrogens (tertiary/aromatic N) is 1. The highest BCUT2D eigenvalue weighted by Crippen LogP contribution is 2.23. The maximum atomic E-state index is 9.93. The third-order valence-corrected chi connectivity index (χ3v) is 2.08. The molecule has 0 atom stereocenters. The predicted molar refractivity (Wildman–Crippen MR) is 54.0 cm³/mol. The first-order valence-corrected chi connectivity index (χ1v) is 4.50. The summed E-state index contributed by atoms with van der Waals surface area (Å²) in [6.45, 7) is 4.33. The maximum Gasteiger partial charge on any atom is 0.235 e. The van der Waals surface area contributed by atoms with Gasteiger partial charge < -0.3 is 5.11 Å². The molecule has 0 aliphatic carbocycles. The maximum absolute atomic E-state index is 9.93. The Labute approximate surface area is 83.1 Å². The first-order valence-electron chi connectivity index (χ1n) is 4.50. The molecule has 0 spiro atoms. The van der Waals surface area contributed by atoms with Crippen LogP contribution in [0.5, 0.6) is 5.75 Å². The van der Waals surface area contributed by atoms with Gasteiger partial charge in [-0.15, -0.1) is 0 Å². The zero-order valence-corrected chi connectivity index (χ0v) is 8.32. The molecule has 0 radical (unpaired) electrons. The lowest BCUT2D eigenvalue weighted by Crippen LogP contribution is -1.90. The van der Waals surface area contributed by atoms with Gasteiger partial charge in [0.1, 0.15) is 5.75 Å². The van der Waals surface area contributed by atoms with Gasteiger partial charge in [-0.3, -0.25) is 0 Å². The van der Waals surface area contributed by atoms with Crippen LogP contribution in [0.1, 0.15) is 30.9 Å². The number of hydrogen-bond acceptors (Lipinski definition) is 3. The summed E-state index contributed by atoms with van der Waals surface area (Å²) in [4.78, 5) is 13.4. The number of aliphatic imine (C=N–C) groups is 1. The van der Waals surface area contributed by atoms with Gasteiger partial charge in [0, 0.05) is 5.56 Å². The highest BCUT2D eigenvalue weighted by atomic mass is 16.3. The molecule has 1 aromatic rings. The number of rotatable bonds is 3. The normalized spacial score (nSPS) is 9.93. The Morgan fingerprint density at radius 2 is 2.21 bits per heavy atom. The van der Waals surface area contributed by atoms with Gasteiger partial charge in [0.25, 0.3) is 0 Å². The summed E-state index contributed by atoms with van der Waals surface area (Å²) < 4.78 is 0. The first kappa shape index (κ1) is 10.5. The molecule has 1 aromatic carbocycles. The van der Waals surface area contributed by atoms with Crippen LogP contribution in [-0.4, -0.2) is 11.2 Å². The van der Waals surface area contributed by atoms with E-state index in [0.717, 1.165) is 5.56 Å². The van der Waals surface area contributed by atoms with Crippen LogP contribution < -0.4 is 0 Å². The average molecular weight is 191 g/mol. The number of phenols is 1. The number of aromatic hydroxyl groups is 1. The molecular weight excluding hydrogens is 178 g/mol. The van der Waals surface area contributed by atoms with E-state index in [0.29, 0.717) is 11.5 Å². The quantitative estimate of drug-likeness (QED) is 0.589. The summed E-state index contributed by atoms with van der Waals surface area (Å²) in [6, 6.07) is 5.36. The second-order valence-electron chi connectivity index (χ2n) is 3.45. The van der Waals surface area contributed by atoms with Crippen molar-refractivity contribution in [3.05, 3.63) is 29.3 Å². The van der Waals surface area contributed by atoms with Crippen molar-refractivity contribution in [1.82, 2.24) is 0 Å². The fraction of sp³-hybridized carbons (Fsp3) is 0.364. The van der Waals surface area contributed by atoms with Gasteiger partial charge in [0.2, 0.25) is 6.08 Å². The number of isocyanates is 1. The van der Waals surface area contributed by atoms with Crippen LogP contribution in [0.4, 0.5) is 0 Å². The van der Waals surface area contributed by atoms with E-state index in [-0.39, 0.29) is 12.3 Å². The molecule has 0 aliphatic rings. The van der Waals surface area contributed by atoms with E-state index in [4.69, 9.17) is 0 Å². The monoisotopic (exact) mass is 191 g/mol. The fourth-order valence-corrected chi connectivity index (χ4v) is 1.21. The minimum Gasteiger partial charge on any atom is -0.508 e. The highest BCUT2D eigenvalue weighted by molar-refractivity contribution is 5.39. The van der Waals surface area contributed by atoms with Crippen molar-refractivity contribution in [1.29, 1.82) is 0 Å². The molecule has 0 unspecified atom stereocenters. The summed E-state index contributed by atoms with van der Waals surface area (Å²) in [7, 11) is 0. The Morgan fingerprint density at radius 1 is 1.50 bits per heavy atom. The Kier molecular flexibility index (Phi) is 3.43. The number of hydrogen-bond donors (Lipinski definition) is 1. The number of benzene rings is 1. The van der Waals surface area contributed by atoms with E-state index in [1.165, 1.54) is 6.08 Å². The molecule has 1 rings (SSSR count). The molecule has 0 fully saturated rings. The lowest BCUT2D eigenvalue weighted by atomic mass is 10.0. The molecule has 0 saturated carbocycles. The van der Waals surface area contributed by atoms with E-state index in [9.17, 15) is 9.90 Å². The molecule has 14 heavy (non-hydrogen) atoms. The number of carbonyl (C=O) groups excluding carboxylic acids is 1. The molecule has 0 saturated heterocycles. The van der Waals surface area contributed by atoms with Crippen LogP contribution in [-0.2, 0) is 11.3 Å². The van der Waals surface area contributed by atoms with E-state index >= 15 is 0 Å². The summed E-state index contributed by atoms with van der Waals surface area (Å²) in [5, 5.41) is 9.45. The molecule has 3 nitrogen and oxygen atoms in total. The Morgan fingerprint density at radius 3 is 2.79 bits per heavy atom. The fourth-order valence-electron chi connectivity index (χ4n) is 1.21. The van der Waals surface area contributed by atoms with E-state index in [1.54, 1.807) is 6.07 Å². The largest absolute Gasteiger partial charge is 0.508 e. The summed E-state index contributed by atoms with van der Waals surface area (Å²) in [5.74, 6) is 0.572. The predicted octanol–water partition coefficient (Wildman–Crippen LogP) is 2.35. The summed E-state index contributed by atoms with van der Waals surface area (Å²) in [6.07, 6.45) is 1.46. The summed E-state index contributed by atoms with van der Waals surface area (Å²) >= 11 is 0. The van der Waals surface area contributed by atoms with Gasteiger partial charge in [-0.05, 0) is 23.6 Å². The zero-order valence-electron chi connectivity index (χ0n) is 8.32. The Hall–Kier alpha value is -1.60. The molecule has 74 valence electrons. The second kappa shape index (κ2) is 4.58. The van der Waals surface area contributed by atoms with Crippen molar-refractivity contribution in [3.8, 4) is 5.75 Å². The van der Waals surface area contributed by atoms with Crippen molar-refractivity contribution in [2.75, 3.05) is 0 Å². The van der Waals surface area contributed by atoms with E-state index in [1.807, 2.05) is 12.1 Å². The molecule has 0 heterocycles. The van der Waals surface area contributed by atoms with Crippen molar-refractivity contribution in [2.45, 2.75) is 26.3 Å². The molecule has 0 amide bonds. The van der Waals surface area contributed by atoms with Crippen LogP contribution in [0.3, 0.4) is 0 Å². The minimum absolute atomic E-state index is 0.174. The van der Waals surface area contributed by atoms with Crippen molar-refractivity contribution >= 4 is 6.08 Å². The van der Waals surface area contributed by atoms with Gasteiger partial charge in [-0.25, -0.2) is 9.79 Å². The molecule has 0 aliphatic heterocycles. The topological polar surface area (TPSA) is 49.7 Å². The highest BCUT2D eigenvalue weighted by Gasteiger charge is 2.04. The van der Waals surface area contributed by atoms with Gasteiger partial charge in [0.15, 0.2) is 0 Å². The zero-order chi connectivity index (χ0) is 10.6. The van der Waals surface area contributed by atoms with Crippen molar-refractivity contribution in [3.63, 3.8) is 0 Å². The van der Waals surface area contributed by atoms with Gasteiger partial charge >= 0.3 is 0 Å². The molecule has 0 bridgehead atoms. The lowest BCUT2D eigenvalue weighted by molar-refractivity contribution is 0.468. The molecular formula is C11H13NO2. The van der Waals surface area contributed by atoms with Gasteiger partial charge in [-0.1, -0.05) is 19.9 Å². The molecule has 3 heteroatoms. The average Bonchev–Trinajstić information content (AvgIpc) is 2.16. The Bertz CT molecular complexity index is 366. The molecule has 0 aromatic heterocycles. The summed E-state index contributed by atoms with van der Waals surface area (Å²) in [5.41, 5.74) is 1.79. The van der Waals surface area contributed by atoms with Crippen LogP contribution in [0.15, 0.2) is 23.2 Å². The van der Waals surface area contributed by atoms with Crippen LogP contribution >= 0.6 is 0 Å². The van der Waals surface area contributed by atoms with E-state index < -0.39 is 0 Å². The second-order valence-corrected chi connectivity index (χ2v) is 3.45. The third-order valence-electron chi connectivity index (χ3n) is 2.08. The van der Waals surface area contributed by atoms with Crippen LogP contribution in [0, 0.1) is 0 Å². The third kappa shape index (κ3) is 2.44. The minimum atomic E-state index is 0.174. The standard InChI is InChI=1S/C11H13NO2/c1-8(2)9-3-4-11(14)10(5-9)6-12-7-13/h3-5,8,14H,6H2,1-2H3. The first-order chi connectivity index (χ1) is 6.65. The van der Waals surface area contributed by atoms with Gasteiger partial charge in [-0.2, -0.15) is 0 Å². The molecule has 1 N–H and O–H groups in total. The van der Waals surface area contributed by atoms with Gasteiger partial charge in [0.05, 0.1) is 6.54 Å². The smallest absolute Gasteiger partial charge is 0.235 e. The Balaban J connectivity index is 3.01.